The lowest BCUT2D eigenvalue weighted by Gasteiger charge is -2.27. The number of nitrogens with two attached hydrogens (primary N) is 2. The molecule has 1 amide bonds. The third-order valence-electron chi connectivity index (χ3n) is 3.43. The first kappa shape index (κ1) is 12.9. The largest absolute Gasteiger partial charge is 0.368 e. The molecule has 2 rings (SSSR count). The molecule has 17 heavy (non-hydrogen) atoms. The van der Waals surface area contributed by atoms with Gasteiger partial charge in [-0.1, -0.05) is 18.2 Å². The number of nitrogens with zero attached hydrogens (tertiary/aromatic N) is 1. The van der Waals surface area contributed by atoms with Crippen LogP contribution in [0.5, 0.6) is 0 Å². The molecule has 94 valence electrons. The molecule has 0 aliphatic heterocycles. The number of primary amides is 1. The predicted molar refractivity (Wildman–Crippen MR) is 70.9 cm³/mol. The molecule has 0 bridgehead atoms. The normalized spacial score (nSPS) is 28.4. The molecule has 1 fully saturated rings. The van der Waals surface area contributed by atoms with Crippen molar-refractivity contribution < 1.29 is 4.79 Å². The summed E-state index contributed by atoms with van der Waals surface area (Å²) in [7, 11) is 0. The van der Waals surface area contributed by atoms with Gasteiger partial charge in [0.1, 0.15) is 4.34 Å². The Hall–Kier alpha value is -0.590. The molecule has 0 radical (unpaired) electrons. The third kappa shape index (κ3) is 2.81. The van der Waals surface area contributed by atoms with Crippen LogP contribution in [0.15, 0.2) is 15.9 Å². The molecule has 0 spiro atoms. The van der Waals surface area contributed by atoms with E-state index in [2.05, 4.69) is 4.98 Å². The summed E-state index contributed by atoms with van der Waals surface area (Å²) >= 11 is 3.37. The van der Waals surface area contributed by atoms with Gasteiger partial charge in [0, 0.05) is 17.3 Å². The molecule has 1 heterocycles. The third-order valence-corrected chi connectivity index (χ3v) is 5.43. The zero-order valence-corrected chi connectivity index (χ0v) is 11.2. The van der Waals surface area contributed by atoms with Crippen LogP contribution in [0.2, 0.25) is 0 Å². The highest BCUT2D eigenvalue weighted by atomic mass is 32.2. The lowest BCUT2D eigenvalue weighted by Crippen LogP contribution is -2.54. The van der Waals surface area contributed by atoms with Gasteiger partial charge in [0.2, 0.25) is 5.91 Å². The number of hydrogen-bond donors (Lipinski definition) is 2. The first-order valence-corrected chi connectivity index (χ1v) is 7.60. The van der Waals surface area contributed by atoms with Gasteiger partial charge in [-0.25, -0.2) is 4.98 Å². The molecule has 1 saturated carbocycles. The van der Waals surface area contributed by atoms with E-state index in [0.29, 0.717) is 0 Å². The van der Waals surface area contributed by atoms with E-state index < -0.39 is 5.54 Å². The number of hydrogen-bond acceptors (Lipinski definition) is 5. The van der Waals surface area contributed by atoms with Gasteiger partial charge >= 0.3 is 0 Å². The van der Waals surface area contributed by atoms with Gasteiger partial charge in [-0.3, -0.25) is 4.79 Å². The van der Waals surface area contributed by atoms with E-state index in [-0.39, 0.29) is 11.8 Å². The van der Waals surface area contributed by atoms with Crippen LogP contribution < -0.4 is 11.5 Å². The summed E-state index contributed by atoms with van der Waals surface area (Å²) in [5.74, 6) is 0.830. The van der Waals surface area contributed by atoms with Gasteiger partial charge in [0.15, 0.2) is 0 Å². The Balaban J connectivity index is 1.84. The van der Waals surface area contributed by atoms with Crippen LogP contribution in [-0.4, -0.2) is 22.2 Å². The first-order chi connectivity index (χ1) is 8.13. The fourth-order valence-electron chi connectivity index (χ4n) is 2.40. The van der Waals surface area contributed by atoms with Crippen molar-refractivity contribution in [3.05, 3.63) is 11.6 Å². The Kier molecular flexibility index (Phi) is 4.06. The zero-order chi connectivity index (χ0) is 12.3. The monoisotopic (exact) mass is 271 g/mol. The quantitative estimate of drug-likeness (QED) is 0.797. The van der Waals surface area contributed by atoms with Gasteiger partial charge in [0.05, 0.1) is 5.54 Å². The van der Waals surface area contributed by atoms with Crippen LogP contribution in [0.1, 0.15) is 25.7 Å². The molecule has 4 nitrogen and oxygen atoms in total. The van der Waals surface area contributed by atoms with E-state index in [1.54, 1.807) is 29.3 Å². The molecular formula is C11H17N3OS2. The van der Waals surface area contributed by atoms with Crippen molar-refractivity contribution in [2.75, 3.05) is 5.75 Å². The van der Waals surface area contributed by atoms with Crippen LogP contribution in [0.3, 0.4) is 0 Å². The maximum atomic E-state index is 11.4. The number of aromatic nitrogens is 1. The number of rotatable bonds is 5. The molecule has 4 N–H and O–H groups in total. The Bertz CT molecular complexity index is 382. The van der Waals surface area contributed by atoms with Gasteiger partial charge in [0.25, 0.3) is 0 Å². The minimum absolute atomic E-state index is 0.229. The zero-order valence-electron chi connectivity index (χ0n) is 9.59. The second kappa shape index (κ2) is 5.37. The molecule has 0 saturated heterocycles. The molecule has 2 unspecified atom stereocenters. The fraction of sp³-hybridized carbons (Fsp3) is 0.636. The Morgan fingerprint density at radius 3 is 3.18 bits per heavy atom. The van der Waals surface area contributed by atoms with Gasteiger partial charge in [-0.2, -0.15) is 0 Å². The topological polar surface area (TPSA) is 82.0 Å². The second-order valence-corrected chi connectivity index (χ2v) is 6.67. The van der Waals surface area contributed by atoms with E-state index in [1.165, 1.54) is 0 Å². The summed E-state index contributed by atoms with van der Waals surface area (Å²) in [5, 5.41) is 1.97. The van der Waals surface area contributed by atoms with Crippen molar-refractivity contribution in [1.29, 1.82) is 0 Å². The lowest BCUT2D eigenvalue weighted by atomic mass is 9.85. The smallest absolute Gasteiger partial charge is 0.237 e. The van der Waals surface area contributed by atoms with Gasteiger partial charge < -0.3 is 11.5 Å². The van der Waals surface area contributed by atoms with Crippen molar-refractivity contribution in [1.82, 2.24) is 4.98 Å². The number of carbonyl (C=O) groups is 1. The van der Waals surface area contributed by atoms with Crippen LogP contribution in [0.4, 0.5) is 0 Å². The summed E-state index contributed by atoms with van der Waals surface area (Å²) in [5.41, 5.74) is 10.7. The molecular weight excluding hydrogens is 254 g/mol. The molecule has 1 aliphatic rings. The summed E-state index contributed by atoms with van der Waals surface area (Å²) < 4.78 is 1.07. The fourth-order valence-corrected chi connectivity index (χ4v) is 4.16. The number of thiazole rings is 1. The van der Waals surface area contributed by atoms with E-state index in [9.17, 15) is 4.79 Å². The van der Waals surface area contributed by atoms with E-state index in [0.717, 1.165) is 35.8 Å². The van der Waals surface area contributed by atoms with Gasteiger partial charge in [-0.15, -0.1) is 11.3 Å². The maximum Gasteiger partial charge on any atom is 0.237 e. The van der Waals surface area contributed by atoms with Crippen molar-refractivity contribution in [2.24, 2.45) is 17.4 Å². The highest BCUT2D eigenvalue weighted by molar-refractivity contribution is 8.00. The highest BCUT2D eigenvalue weighted by Gasteiger charge is 2.43. The SMILES string of the molecule is NC(=O)C1(N)CCCC1CCSc1nccs1. The van der Waals surface area contributed by atoms with Crippen molar-refractivity contribution >= 4 is 29.0 Å². The summed E-state index contributed by atoms with van der Waals surface area (Å²) in [6.07, 6.45) is 5.49. The highest BCUT2D eigenvalue weighted by Crippen LogP contribution is 2.37. The van der Waals surface area contributed by atoms with E-state index in [4.69, 9.17) is 11.5 Å². The molecule has 1 aromatic heterocycles. The van der Waals surface area contributed by atoms with E-state index in [1.807, 2.05) is 5.38 Å². The Labute approximate surface area is 109 Å². The molecule has 0 aromatic carbocycles. The lowest BCUT2D eigenvalue weighted by molar-refractivity contribution is -0.124. The van der Waals surface area contributed by atoms with Crippen LogP contribution in [-0.2, 0) is 4.79 Å². The average molecular weight is 271 g/mol. The Morgan fingerprint density at radius 2 is 2.53 bits per heavy atom. The van der Waals surface area contributed by atoms with Crippen molar-refractivity contribution in [3.63, 3.8) is 0 Å². The molecule has 6 heteroatoms. The van der Waals surface area contributed by atoms with E-state index >= 15 is 0 Å². The van der Waals surface area contributed by atoms with Crippen LogP contribution >= 0.6 is 23.1 Å². The summed E-state index contributed by atoms with van der Waals surface area (Å²) in [6, 6.07) is 0. The second-order valence-electron chi connectivity index (χ2n) is 4.43. The Morgan fingerprint density at radius 1 is 1.71 bits per heavy atom. The van der Waals surface area contributed by atoms with Crippen LogP contribution in [0.25, 0.3) is 0 Å². The predicted octanol–water partition coefficient (Wildman–Crippen LogP) is 1.61. The summed E-state index contributed by atoms with van der Waals surface area (Å²) in [6.45, 7) is 0. The standard InChI is InChI=1S/C11H17N3OS2/c12-9(15)11(13)4-1-2-8(11)3-6-16-10-14-5-7-17-10/h5,7-8H,1-4,6,13H2,(H2,12,15). The maximum absolute atomic E-state index is 11.4. The summed E-state index contributed by atoms with van der Waals surface area (Å²) in [4.78, 5) is 15.6. The van der Waals surface area contributed by atoms with Crippen LogP contribution in [0, 0.1) is 5.92 Å². The number of amides is 1. The molecule has 2 atom stereocenters. The molecule has 1 aromatic rings. The van der Waals surface area contributed by atoms with Crippen molar-refractivity contribution in [2.45, 2.75) is 35.6 Å². The van der Waals surface area contributed by atoms with Gasteiger partial charge in [-0.05, 0) is 25.2 Å². The van der Waals surface area contributed by atoms with Crippen molar-refractivity contribution in [3.8, 4) is 0 Å². The average Bonchev–Trinajstić information content (AvgIpc) is 2.90. The molecule has 1 aliphatic carbocycles. The number of thioether (sulfide) groups is 1. The first-order valence-electron chi connectivity index (χ1n) is 5.74. The minimum atomic E-state index is -0.774. The minimum Gasteiger partial charge on any atom is -0.368 e. The number of carbonyl (C=O) groups excluding carboxylic acids is 1.